The molecule has 0 aliphatic rings. The second kappa shape index (κ2) is 4.72. The van der Waals surface area contributed by atoms with Crippen molar-refractivity contribution >= 4 is 27.8 Å². The van der Waals surface area contributed by atoms with Crippen LogP contribution in [-0.4, -0.2) is 15.9 Å². The van der Waals surface area contributed by atoms with Gasteiger partial charge in [-0.15, -0.1) is 0 Å². The van der Waals surface area contributed by atoms with Crippen molar-refractivity contribution in [2.24, 2.45) is 0 Å². The van der Waals surface area contributed by atoms with Crippen LogP contribution in [0.4, 0.5) is 0 Å². The van der Waals surface area contributed by atoms with E-state index in [1.165, 1.54) is 0 Å². The van der Waals surface area contributed by atoms with E-state index in [1.807, 2.05) is 6.92 Å². The number of aromatic carboxylic acids is 1. The third-order valence-electron chi connectivity index (χ3n) is 2.93. The van der Waals surface area contributed by atoms with Crippen molar-refractivity contribution in [3.63, 3.8) is 0 Å². The summed E-state index contributed by atoms with van der Waals surface area (Å²) >= 11 is 0. The Hall–Kier alpha value is -1.36. The third-order valence-corrected chi connectivity index (χ3v) is 2.93. The summed E-state index contributed by atoms with van der Waals surface area (Å²) in [6, 6.07) is 4.95. The molecule has 0 amide bonds. The smallest absolute Gasteiger partial charge is 0.545 e. The van der Waals surface area contributed by atoms with Crippen LogP contribution in [-0.2, 0) is 0 Å². The Balaban J connectivity index is 0.00000120. The maximum Gasteiger partial charge on any atom is 1.00 e. The summed E-state index contributed by atoms with van der Waals surface area (Å²) in [5, 5.41) is 12.9. The molecule has 0 unspecified atom stereocenters. The van der Waals surface area contributed by atoms with Crippen LogP contribution in [0.5, 0.6) is 0 Å². The average molecular weight is 248 g/mol. The predicted molar refractivity (Wildman–Crippen MR) is 62.7 cm³/mol. The molecule has 0 atom stereocenters. The Morgan fingerprint density at radius 1 is 1.28 bits per heavy atom. The molecule has 84 valence electrons. The Morgan fingerprint density at radius 3 is 2.78 bits per heavy atom. The number of hydrogen-bond donors (Lipinski definition) is 1. The molecule has 0 radical (unpaired) electrons. The minimum absolute atomic E-state index is 0. The number of pyridine rings is 1. The number of rotatable bonds is 1. The molecular weight excluding hydrogens is 239 g/mol. The number of nitrogens with one attached hydrogen (secondary N) is 1. The molecule has 0 bridgehead atoms. The molecule has 0 saturated heterocycles. The molecule has 0 aliphatic carbocycles. The minimum Gasteiger partial charge on any atom is -0.545 e. The Kier molecular flexibility index (Phi) is 3.43. The fourth-order valence-electron chi connectivity index (χ4n) is 2.16. The number of aromatic amines is 1. The topological polar surface area (TPSA) is 68.8 Å². The van der Waals surface area contributed by atoms with Gasteiger partial charge in [0.25, 0.3) is 0 Å². The van der Waals surface area contributed by atoms with Gasteiger partial charge in [-0.1, -0.05) is 12.1 Å². The molecule has 0 saturated carbocycles. The second-order valence-corrected chi connectivity index (χ2v) is 4.05. The van der Waals surface area contributed by atoms with Crippen LogP contribution in [0.2, 0.25) is 0 Å². The normalized spacial score (nSPS) is 10.5. The second-order valence-electron chi connectivity index (χ2n) is 4.05. The standard InChI is InChI=1S/C13H10N2O2.Na/c1-7-5-14-6-11-12(7)9-3-2-8(13(16)17)4-10(9)15-11;/h2-6,15H,1H3,(H,16,17);/q;+1/p-1. The van der Waals surface area contributed by atoms with Crippen LogP contribution in [0.1, 0.15) is 15.9 Å². The summed E-state index contributed by atoms with van der Waals surface area (Å²) in [5.41, 5.74) is 2.94. The summed E-state index contributed by atoms with van der Waals surface area (Å²) in [6.45, 7) is 1.98. The van der Waals surface area contributed by atoms with Crippen molar-refractivity contribution in [2.45, 2.75) is 6.92 Å². The largest absolute Gasteiger partial charge is 1.00 e. The van der Waals surface area contributed by atoms with Gasteiger partial charge >= 0.3 is 29.6 Å². The zero-order valence-electron chi connectivity index (χ0n) is 10.2. The molecule has 1 aromatic carbocycles. The number of aryl methyl sites for hydroxylation is 1. The molecule has 3 aromatic rings. The van der Waals surface area contributed by atoms with Crippen LogP contribution in [0, 0.1) is 6.92 Å². The van der Waals surface area contributed by atoms with Crippen LogP contribution in [0.25, 0.3) is 21.8 Å². The van der Waals surface area contributed by atoms with Crippen molar-refractivity contribution in [1.29, 1.82) is 0 Å². The molecule has 5 heteroatoms. The zero-order valence-corrected chi connectivity index (χ0v) is 12.2. The molecule has 18 heavy (non-hydrogen) atoms. The maximum atomic E-state index is 10.8. The van der Waals surface area contributed by atoms with Gasteiger partial charge in [-0.05, 0) is 24.1 Å². The van der Waals surface area contributed by atoms with Gasteiger partial charge in [-0.25, -0.2) is 0 Å². The predicted octanol–water partition coefficient (Wildman–Crippen LogP) is -1.61. The number of carboxylic acid groups (broad SMARTS) is 1. The molecule has 3 rings (SSSR count). The molecule has 4 nitrogen and oxygen atoms in total. The van der Waals surface area contributed by atoms with E-state index in [0.717, 1.165) is 27.4 Å². The van der Waals surface area contributed by atoms with E-state index in [0.29, 0.717) is 0 Å². The molecule has 2 heterocycles. The fraction of sp³-hybridized carbons (Fsp3) is 0.0769. The van der Waals surface area contributed by atoms with Gasteiger partial charge in [0.05, 0.1) is 17.7 Å². The number of aromatic nitrogens is 2. The van der Waals surface area contributed by atoms with E-state index in [9.17, 15) is 9.90 Å². The van der Waals surface area contributed by atoms with Crippen LogP contribution in [0.15, 0.2) is 30.6 Å². The van der Waals surface area contributed by atoms with Crippen molar-refractivity contribution < 1.29 is 39.5 Å². The third kappa shape index (κ3) is 1.92. The van der Waals surface area contributed by atoms with E-state index in [1.54, 1.807) is 30.6 Å². The quantitative estimate of drug-likeness (QED) is 0.527. The number of fused-ring (bicyclic) bond motifs is 3. The summed E-state index contributed by atoms with van der Waals surface area (Å²) in [6.07, 6.45) is 3.53. The van der Waals surface area contributed by atoms with Gasteiger partial charge in [-0.2, -0.15) is 0 Å². The number of nitrogens with zero attached hydrogens (tertiary/aromatic N) is 1. The van der Waals surface area contributed by atoms with E-state index in [-0.39, 0.29) is 35.1 Å². The van der Waals surface area contributed by atoms with Crippen LogP contribution in [0.3, 0.4) is 0 Å². The van der Waals surface area contributed by atoms with Gasteiger partial charge in [0.2, 0.25) is 0 Å². The number of carbonyl (C=O) groups is 1. The monoisotopic (exact) mass is 248 g/mol. The zero-order chi connectivity index (χ0) is 12.0. The van der Waals surface area contributed by atoms with E-state index < -0.39 is 5.97 Å². The first-order chi connectivity index (χ1) is 8.16. The van der Waals surface area contributed by atoms with Gasteiger partial charge in [0.15, 0.2) is 0 Å². The average Bonchev–Trinajstić information content (AvgIpc) is 2.67. The van der Waals surface area contributed by atoms with Crippen LogP contribution >= 0.6 is 0 Å². The molecular formula is C13H9N2NaO2. The van der Waals surface area contributed by atoms with Gasteiger partial charge < -0.3 is 14.9 Å². The van der Waals surface area contributed by atoms with Gasteiger partial charge in [0.1, 0.15) is 0 Å². The summed E-state index contributed by atoms with van der Waals surface area (Å²) in [4.78, 5) is 18.1. The first kappa shape index (κ1) is 13.1. The van der Waals surface area contributed by atoms with Crippen molar-refractivity contribution in [3.8, 4) is 0 Å². The first-order valence-corrected chi connectivity index (χ1v) is 5.24. The summed E-state index contributed by atoms with van der Waals surface area (Å²) in [7, 11) is 0. The van der Waals surface area contributed by atoms with Gasteiger partial charge in [0, 0.05) is 22.5 Å². The van der Waals surface area contributed by atoms with Crippen molar-refractivity contribution in [2.75, 3.05) is 0 Å². The fourth-order valence-corrected chi connectivity index (χ4v) is 2.16. The SMILES string of the molecule is Cc1cncc2[nH]c3cc(C(=O)[O-])ccc3c12.[Na+]. The maximum absolute atomic E-state index is 10.8. The number of H-pyrrole nitrogens is 1. The van der Waals surface area contributed by atoms with E-state index in [4.69, 9.17) is 0 Å². The van der Waals surface area contributed by atoms with E-state index in [2.05, 4.69) is 9.97 Å². The number of benzene rings is 1. The summed E-state index contributed by atoms with van der Waals surface area (Å²) < 4.78 is 0. The van der Waals surface area contributed by atoms with Crippen LogP contribution < -0.4 is 34.7 Å². The number of carbonyl (C=O) groups excluding carboxylic acids is 1. The van der Waals surface area contributed by atoms with Crippen molar-refractivity contribution in [1.82, 2.24) is 9.97 Å². The molecule has 0 fully saturated rings. The van der Waals surface area contributed by atoms with E-state index >= 15 is 0 Å². The molecule has 0 aliphatic heterocycles. The van der Waals surface area contributed by atoms with Gasteiger partial charge in [-0.3, -0.25) is 4.98 Å². The Morgan fingerprint density at radius 2 is 2.06 bits per heavy atom. The Bertz CT molecular complexity index is 749. The number of hydrogen-bond acceptors (Lipinski definition) is 3. The Labute approximate surface area is 125 Å². The summed E-state index contributed by atoms with van der Waals surface area (Å²) in [5.74, 6) is -1.17. The first-order valence-electron chi connectivity index (χ1n) is 5.24. The minimum atomic E-state index is -1.17. The number of carboxylic acids is 1. The van der Waals surface area contributed by atoms with Crippen molar-refractivity contribution in [3.05, 3.63) is 41.7 Å². The molecule has 1 N–H and O–H groups in total. The molecule has 2 aromatic heterocycles. The molecule has 0 spiro atoms.